The zero-order chi connectivity index (χ0) is 13.8. The minimum Gasteiger partial charge on any atom is -0.342 e. The second-order valence-corrected chi connectivity index (χ2v) is 5.60. The molecule has 0 aromatic heterocycles. The lowest BCUT2D eigenvalue weighted by atomic mass is 9.99. The van der Waals surface area contributed by atoms with E-state index in [0.717, 1.165) is 19.4 Å². The predicted molar refractivity (Wildman–Crippen MR) is 75.1 cm³/mol. The highest BCUT2D eigenvalue weighted by Crippen LogP contribution is 2.22. The van der Waals surface area contributed by atoms with Crippen molar-refractivity contribution in [3.63, 3.8) is 0 Å². The second-order valence-electron chi connectivity index (χ2n) is 4.88. The molecule has 0 N–H and O–H groups in total. The number of likely N-dealkylation sites (tertiary alicyclic amines) is 1. The van der Waals surface area contributed by atoms with Crippen molar-refractivity contribution in [2.75, 3.05) is 19.0 Å². The van der Waals surface area contributed by atoms with Crippen molar-refractivity contribution < 1.29 is 9.18 Å². The third-order valence-electron chi connectivity index (χ3n) is 3.48. The maximum Gasteiger partial charge on any atom is 0.227 e. The molecule has 1 heterocycles. The summed E-state index contributed by atoms with van der Waals surface area (Å²) in [5.74, 6) is 0.397. The Bertz CT molecular complexity index is 447. The zero-order valence-corrected chi connectivity index (χ0v) is 12.1. The quantitative estimate of drug-likeness (QED) is 0.783. The smallest absolute Gasteiger partial charge is 0.227 e. The molecule has 1 saturated heterocycles. The average Bonchev–Trinajstić information content (AvgIpc) is 2.43. The first kappa shape index (κ1) is 14.6. The van der Waals surface area contributed by atoms with Gasteiger partial charge in [0.2, 0.25) is 5.91 Å². The van der Waals surface area contributed by atoms with E-state index in [1.807, 2.05) is 0 Å². The maximum atomic E-state index is 13.6. The van der Waals surface area contributed by atoms with Crippen LogP contribution in [0, 0.1) is 11.7 Å². The molecule has 0 saturated carbocycles. The summed E-state index contributed by atoms with van der Waals surface area (Å²) in [7, 11) is 0. The van der Waals surface area contributed by atoms with E-state index in [1.165, 1.54) is 12.1 Å². The van der Waals surface area contributed by atoms with E-state index in [1.54, 1.807) is 11.0 Å². The Morgan fingerprint density at radius 3 is 2.95 bits per heavy atom. The van der Waals surface area contributed by atoms with Crippen LogP contribution < -0.4 is 0 Å². The summed E-state index contributed by atoms with van der Waals surface area (Å²) in [6.07, 6.45) is 2.02. The number of nitrogens with zero attached hydrogens (tertiary/aromatic N) is 1. The summed E-state index contributed by atoms with van der Waals surface area (Å²) < 4.78 is 13.6. The molecule has 1 atom stereocenters. The van der Waals surface area contributed by atoms with Gasteiger partial charge in [0.25, 0.3) is 0 Å². The first-order valence-corrected chi connectivity index (χ1v) is 7.29. The van der Waals surface area contributed by atoms with E-state index >= 15 is 0 Å². The minimum atomic E-state index is -0.424. The van der Waals surface area contributed by atoms with E-state index in [9.17, 15) is 9.18 Å². The lowest BCUT2D eigenvalue weighted by Crippen LogP contribution is -2.41. The van der Waals surface area contributed by atoms with Crippen molar-refractivity contribution in [2.24, 2.45) is 5.92 Å². The van der Waals surface area contributed by atoms with Crippen molar-refractivity contribution >= 4 is 29.1 Å². The van der Waals surface area contributed by atoms with Crippen LogP contribution in [0.2, 0.25) is 5.02 Å². The summed E-state index contributed by atoms with van der Waals surface area (Å²) in [4.78, 5) is 14.0. The van der Waals surface area contributed by atoms with Crippen molar-refractivity contribution in [3.05, 3.63) is 34.6 Å². The van der Waals surface area contributed by atoms with E-state index < -0.39 is 5.82 Å². The first-order chi connectivity index (χ1) is 9.11. The summed E-state index contributed by atoms with van der Waals surface area (Å²) in [6.45, 7) is 1.38. The van der Waals surface area contributed by atoms with Gasteiger partial charge in [-0.1, -0.05) is 17.7 Å². The van der Waals surface area contributed by atoms with Crippen molar-refractivity contribution in [1.82, 2.24) is 4.90 Å². The van der Waals surface area contributed by atoms with Gasteiger partial charge in [-0.2, -0.15) is 0 Å². The molecule has 0 radical (unpaired) electrons. The fraction of sp³-hybridized carbons (Fsp3) is 0.500. The van der Waals surface area contributed by atoms with E-state index in [4.69, 9.17) is 23.2 Å². The monoisotopic (exact) mass is 303 g/mol. The molecular formula is C14H16Cl2FNO. The van der Waals surface area contributed by atoms with Crippen LogP contribution in [0.15, 0.2) is 18.2 Å². The number of halogens is 3. The van der Waals surface area contributed by atoms with Crippen LogP contribution in [0.25, 0.3) is 0 Å². The number of carbonyl (C=O) groups is 1. The highest BCUT2D eigenvalue weighted by molar-refractivity contribution is 6.31. The number of piperidine rings is 1. The minimum absolute atomic E-state index is 0.0144. The molecule has 1 aromatic carbocycles. The third kappa shape index (κ3) is 3.61. The van der Waals surface area contributed by atoms with Gasteiger partial charge in [0.05, 0.1) is 6.42 Å². The third-order valence-corrected chi connectivity index (χ3v) is 4.27. The molecule has 19 heavy (non-hydrogen) atoms. The Morgan fingerprint density at radius 2 is 2.26 bits per heavy atom. The Hall–Kier alpha value is -0.800. The number of amides is 1. The average molecular weight is 304 g/mol. The molecule has 0 bridgehead atoms. The molecule has 1 aliphatic rings. The molecule has 2 nitrogen and oxygen atoms in total. The molecule has 1 aliphatic heterocycles. The van der Waals surface area contributed by atoms with Crippen LogP contribution in [0.5, 0.6) is 0 Å². The van der Waals surface area contributed by atoms with Crippen LogP contribution in [0.4, 0.5) is 4.39 Å². The highest BCUT2D eigenvalue weighted by atomic mass is 35.5. The molecule has 1 unspecified atom stereocenters. The SMILES string of the molecule is O=C(Cc1c(F)cccc1Cl)N1CCCC(CCl)C1. The molecule has 104 valence electrons. The van der Waals surface area contributed by atoms with Crippen LogP contribution in [-0.4, -0.2) is 29.8 Å². The van der Waals surface area contributed by atoms with Crippen molar-refractivity contribution in [2.45, 2.75) is 19.3 Å². The molecule has 1 amide bonds. The highest BCUT2D eigenvalue weighted by Gasteiger charge is 2.24. The number of hydrogen-bond acceptors (Lipinski definition) is 1. The Labute approximate surface area is 122 Å². The number of benzene rings is 1. The zero-order valence-electron chi connectivity index (χ0n) is 10.5. The maximum absolute atomic E-state index is 13.6. The van der Waals surface area contributed by atoms with Gasteiger partial charge in [-0.25, -0.2) is 4.39 Å². The van der Waals surface area contributed by atoms with Gasteiger partial charge in [-0.15, -0.1) is 11.6 Å². The fourth-order valence-electron chi connectivity index (χ4n) is 2.38. The van der Waals surface area contributed by atoms with Crippen LogP contribution in [0.1, 0.15) is 18.4 Å². The first-order valence-electron chi connectivity index (χ1n) is 6.38. The van der Waals surface area contributed by atoms with Gasteiger partial charge in [-0.3, -0.25) is 4.79 Å². The van der Waals surface area contributed by atoms with Gasteiger partial charge in [0.1, 0.15) is 5.82 Å². The Kier molecular flexibility index (Phi) is 5.06. The molecule has 0 spiro atoms. The van der Waals surface area contributed by atoms with Crippen LogP contribution >= 0.6 is 23.2 Å². The van der Waals surface area contributed by atoms with E-state index in [2.05, 4.69) is 0 Å². The summed E-state index contributed by atoms with van der Waals surface area (Å²) in [5.41, 5.74) is 0.280. The lowest BCUT2D eigenvalue weighted by molar-refractivity contribution is -0.132. The van der Waals surface area contributed by atoms with Gasteiger partial charge in [0.15, 0.2) is 0 Å². The number of alkyl halides is 1. The normalized spacial score (nSPS) is 19.5. The standard InChI is InChI=1S/C14H16Cl2FNO/c15-8-10-3-2-6-18(9-10)14(19)7-11-12(16)4-1-5-13(11)17/h1,4-5,10H,2-3,6-9H2. The van der Waals surface area contributed by atoms with Crippen molar-refractivity contribution in [3.8, 4) is 0 Å². The van der Waals surface area contributed by atoms with Gasteiger partial charge in [-0.05, 0) is 30.9 Å². The Balaban J connectivity index is 2.04. The predicted octanol–water partition coefficient (Wildman–Crippen LogP) is 3.50. The van der Waals surface area contributed by atoms with Gasteiger partial charge >= 0.3 is 0 Å². The summed E-state index contributed by atoms with van der Waals surface area (Å²) >= 11 is 11.8. The molecule has 1 fully saturated rings. The number of carbonyl (C=O) groups excluding carboxylic acids is 1. The molecule has 5 heteroatoms. The molecule has 2 rings (SSSR count). The fourth-order valence-corrected chi connectivity index (χ4v) is 2.86. The topological polar surface area (TPSA) is 20.3 Å². The van der Waals surface area contributed by atoms with Crippen molar-refractivity contribution in [1.29, 1.82) is 0 Å². The summed E-state index contributed by atoms with van der Waals surface area (Å²) in [6, 6.07) is 4.47. The van der Waals surface area contributed by atoms with Crippen LogP contribution in [0.3, 0.4) is 0 Å². The van der Waals surface area contributed by atoms with Gasteiger partial charge < -0.3 is 4.90 Å². The lowest BCUT2D eigenvalue weighted by Gasteiger charge is -2.32. The largest absolute Gasteiger partial charge is 0.342 e. The van der Waals surface area contributed by atoms with E-state index in [0.29, 0.717) is 23.4 Å². The molecule has 1 aromatic rings. The Morgan fingerprint density at radius 1 is 1.47 bits per heavy atom. The molecular weight excluding hydrogens is 288 g/mol. The number of hydrogen-bond donors (Lipinski definition) is 0. The van der Waals surface area contributed by atoms with Crippen LogP contribution in [-0.2, 0) is 11.2 Å². The molecule has 0 aliphatic carbocycles. The second kappa shape index (κ2) is 6.58. The number of rotatable bonds is 3. The summed E-state index contributed by atoms with van der Waals surface area (Å²) in [5, 5.41) is 0.305. The van der Waals surface area contributed by atoms with Gasteiger partial charge in [0, 0.05) is 29.6 Å². The van der Waals surface area contributed by atoms with E-state index in [-0.39, 0.29) is 17.9 Å².